The lowest BCUT2D eigenvalue weighted by molar-refractivity contribution is -0.143. The molecule has 2 fully saturated rings. The molecule has 30 nitrogen and oxygen atoms in total. The number of unbranched alkanes of at least 4 members (excludes halogenated alkanes) is 2. The van der Waals surface area contributed by atoms with Gasteiger partial charge in [-0.25, -0.2) is 14.8 Å². The topological polar surface area (TPSA) is 495 Å². The fourth-order valence-corrected chi connectivity index (χ4v) is 9.67. The van der Waals surface area contributed by atoms with Gasteiger partial charge in [0.1, 0.15) is 48.3 Å². The van der Waals surface area contributed by atoms with E-state index in [4.69, 9.17) is 34.4 Å². The maximum Gasteiger partial charge on any atom is 0.326 e. The van der Waals surface area contributed by atoms with E-state index in [9.17, 15) is 53.1 Å². The standard InChI is InChI=1S/C51H85N19O11/c1-3-29(2)41(47(77)64-34(13-5-7-19-53)42(72)66-36(23-30-25-58-27-61-30)44(74)65-35(50(80)81)16-17-40(55)71)68-46(76)39-15-10-22-70(39)49(79)37(24-31-26-59-28-62-31)67-43(73)33(12-4-6-18-52)63-45(75)38-14-9-21-69(38)48(78)32(54)11-8-20-60-51(56)57/h25-29,32-39,41H,3-24,52-54H2,1-2H3,(H2,55,71)(H,58,61)(H,59,62)(H,63,75)(H,64,77)(H,65,74)(H,66,72)(H,67,73)(H,68,76)(H,80,81)(H4,56,57,60)/t29-,32-,33-,34-,35-,36-,37-,38-,39-,41-/m0/s1. The molecule has 2 saturated heterocycles. The molecule has 0 aromatic carbocycles. The number of nitrogens with two attached hydrogens (primary N) is 6. The molecule has 0 aliphatic carbocycles. The van der Waals surface area contributed by atoms with Crippen LogP contribution >= 0.6 is 0 Å². The van der Waals surface area contributed by atoms with Gasteiger partial charge >= 0.3 is 5.97 Å². The van der Waals surface area contributed by atoms with Gasteiger partial charge in [0.2, 0.25) is 53.2 Å². The number of aliphatic imine (C=N–C) groups is 1. The molecule has 81 heavy (non-hydrogen) atoms. The number of nitrogens with zero attached hydrogens (tertiary/aromatic N) is 5. The molecule has 2 aliphatic heterocycles. The number of carbonyl (C=O) groups is 10. The zero-order valence-electron chi connectivity index (χ0n) is 46.4. The molecule has 2 aromatic rings. The predicted molar refractivity (Wildman–Crippen MR) is 295 cm³/mol. The number of carboxylic acids is 1. The number of imidazole rings is 2. The van der Waals surface area contributed by atoms with Crippen LogP contribution in [0.4, 0.5) is 0 Å². The Morgan fingerprint density at radius 2 is 1.14 bits per heavy atom. The number of hydrogen-bond donors (Lipinski definition) is 15. The number of carboxylic acid groups (broad SMARTS) is 1. The Hall–Kier alpha value is -7.73. The number of nitrogens with one attached hydrogen (secondary N) is 8. The van der Waals surface area contributed by atoms with Crippen molar-refractivity contribution < 1.29 is 53.1 Å². The number of aromatic amines is 2. The second kappa shape index (κ2) is 33.8. The van der Waals surface area contributed by atoms with E-state index in [1.165, 1.54) is 34.8 Å². The lowest BCUT2D eigenvalue weighted by atomic mass is 9.96. The normalized spacial score (nSPS) is 17.9. The van der Waals surface area contributed by atoms with Crippen LogP contribution in [0.15, 0.2) is 30.0 Å². The summed E-state index contributed by atoms with van der Waals surface area (Å²) in [5.74, 6) is -8.26. The van der Waals surface area contributed by atoms with Crippen LogP contribution < -0.4 is 66.3 Å². The van der Waals surface area contributed by atoms with E-state index in [0.717, 1.165) is 0 Å². The zero-order chi connectivity index (χ0) is 59.6. The number of rotatable bonds is 36. The Kier molecular flexibility index (Phi) is 27.4. The lowest BCUT2D eigenvalue weighted by Gasteiger charge is -2.32. The highest BCUT2D eigenvalue weighted by molar-refractivity contribution is 5.98. The van der Waals surface area contributed by atoms with Crippen LogP contribution in [0.1, 0.15) is 122 Å². The van der Waals surface area contributed by atoms with Crippen molar-refractivity contribution >= 4 is 65.1 Å². The third kappa shape index (κ3) is 21.0. The van der Waals surface area contributed by atoms with Crippen molar-refractivity contribution in [1.29, 1.82) is 0 Å². The number of amides is 9. The molecule has 21 N–H and O–H groups in total. The van der Waals surface area contributed by atoms with Gasteiger partial charge in [0, 0.05) is 62.7 Å². The number of likely N-dealkylation sites (tertiary alicyclic amines) is 2. The summed E-state index contributed by atoms with van der Waals surface area (Å²) in [6, 6.07) is -10.8. The summed E-state index contributed by atoms with van der Waals surface area (Å²) in [5.41, 5.74) is 34.7. The lowest BCUT2D eigenvalue weighted by Crippen LogP contribution is -2.61. The summed E-state index contributed by atoms with van der Waals surface area (Å²) < 4.78 is 0. The first-order chi connectivity index (χ1) is 38.7. The summed E-state index contributed by atoms with van der Waals surface area (Å²) in [5, 5.41) is 26.0. The summed E-state index contributed by atoms with van der Waals surface area (Å²) in [7, 11) is 0. The van der Waals surface area contributed by atoms with Gasteiger partial charge in [-0.1, -0.05) is 20.3 Å². The summed E-state index contributed by atoms with van der Waals surface area (Å²) >= 11 is 0. The fraction of sp³-hybridized carbons (Fsp3) is 0.667. The van der Waals surface area contributed by atoms with Gasteiger partial charge in [0.05, 0.1) is 18.7 Å². The minimum Gasteiger partial charge on any atom is -0.480 e. The number of guanidine groups is 1. The van der Waals surface area contributed by atoms with Crippen LogP contribution in [0.2, 0.25) is 0 Å². The van der Waals surface area contributed by atoms with Crippen LogP contribution in [0, 0.1) is 5.92 Å². The molecule has 4 heterocycles. The molecule has 450 valence electrons. The predicted octanol–water partition coefficient (Wildman–Crippen LogP) is -4.16. The maximum absolute atomic E-state index is 14.8. The van der Waals surface area contributed by atoms with Crippen molar-refractivity contribution in [3.05, 3.63) is 36.4 Å². The highest BCUT2D eigenvalue weighted by Gasteiger charge is 2.42. The summed E-state index contributed by atoms with van der Waals surface area (Å²) in [4.78, 5) is 157. The highest BCUT2D eigenvalue weighted by Crippen LogP contribution is 2.23. The number of aliphatic carboxylic acids is 1. The highest BCUT2D eigenvalue weighted by atomic mass is 16.4. The summed E-state index contributed by atoms with van der Waals surface area (Å²) in [6.07, 6.45) is 9.19. The van der Waals surface area contributed by atoms with Crippen LogP contribution in [0.5, 0.6) is 0 Å². The Labute approximate surface area is 470 Å². The first-order valence-electron chi connectivity index (χ1n) is 27.8. The van der Waals surface area contributed by atoms with Crippen LogP contribution in [0.25, 0.3) is 0 Å². The smallest absolute Gasteiger partial charge is 0.326 e. The maximum atomic E-state index is 14.8. The number of hydrogen-bond acceptors (Lipinski definition) is 16. The van der Waals surface area contributed by atoms with E-state index in [2.05, 4.69) is 56.8 Å². The number of carbonyl (C=O) groups excluding carboxylic acids is 9. The molecular formula is C51H85N19O11. The Morgan fingerprint density at radius 1 is 0.642 bits per heavy atom. The first kappa shape index (κ1) is 65.8. The van der Waals surface area contributed by atoms with Crippen molar-refractivity contribution in [2.45, 2.75) is 177 Å². The minimum atomic E-state index is -1.53. The second-order valence-corrected chi connectivity index (χ2v) is 20.6. The Balaban J connectivity index is 1.53. The molecule has 0 bridgehead atoms. The molecule has 9 amide bonds. The minimum absolute atomic E-state index is 0.0493. The SMILES string of the molecule is CC[C@H](C)[C@H](NC(=O)[C@@H]1CCCN1C(=O)[C@H](Cc1cnc[nH]1)NC(=O)[C@H](CCCCN)NC(=O)[C@@H]1CCCN1C(=O)[C@@H](N)CCCN=C(N)N)C(=O)N[C@@H](CCCCN)C(=O)N[C@@H](Cc1cnc[nH]1)C(=O)N[C@@H](CCC(N)=O)C(=O)O. The van der Waals surface area contributed by atoms with Gasteiger partial charge in [0.25, 0.3) is 0 Å². The molecule has 10 atom stereocenters. The van der Waals surface area contributed by atoms with E-state index in [-0.39, 0.29) is 83.5 Å². The molecule has 2 aromatic heterocycles. The van der Waals surface area contributed by atoms with Gasteiger partial charge in [-0.3, -0.25) is 48.1 Å². The van der Waals surface area contributed by atoms with Gasteiger partial charge in [0.15, 0.2) is 5.96 Å². The molecule has 2 aliphatic rings. The average molecular weight is 1140 g/mol. The molecule has 0 saturated carbocycles. The average Bonchev–Trinajstić information content (AvgIpc) is 4.37. The van der Waals surface area contributed by atoms with Crippen molar-refractivity contribution in [2.24, 2.45) is 45.3 Å². The van der Waals surface area contributed by atoms with Crippen molar-refractivity contribution in [1.82, 2.24) is 61.6 Å². The van der Waals surface area contributed by atoms with Crippen LogP contribution in [0.3, 0.4) is 0 Å². The first-order valence-corrected chi connectivity index (χ1v) is 27.8. The Morgan fingerprint density at radius 3 is 1.64 bits per heavy atom. The second-order valence-electron chi connectivity index (χ2n) is 20.6. The zero-order valence-corrected chi connectivity index (χ0v) is 46.4. The molecule has 0 spiro atoms. The largest absolute Gasteiger partial charge is 0.480 e. The molecular weight excluding hydrogens is 1050 g/mol. The number of primary amides is 1. The number of H-pyrrole nitrogens is 2. The van der Waals surface area contributed by atoms with E-state index in [1.807, 2.05) is 0 Å². The van der Waals surface area contributed by atoms with E-state index in [1.54, 1.807) is 13.8 Å². The van der Waals surface area contributed by atoms with E-state index in [0.29, 0.717) is 75.7 Å². The molecule has 0 radical (unpaired) electrons. The van der Waals surface area contributed by atoms with Gasteiger partial charge in [-0.15, -0.1) is 0 Å². The van der Waals surface area contributed by atoms with Gasteiger partial charge in [-0.05, 0) is 102 Å². The van der Waals surface area contributed by atoms with Crippen molar-refractivity contribution in [2.75, 3.05) is 32.7 Å². The fourth-order valence-electron chi connectivity index (χ4n) is 9.67. The molecule has 30 heteroatoms. The van der Waals surface area contributed by atoms with Crippen LogP contribution in [-0.2, 0) is 60.8 Å². The third-order valence-corrected chi connectivity index (χ3v) is 14.4. The number of aromatic nitrogens is 4. The van der Waals surface area contributed by atoms with E-state index < -0.39 is 119 Å². The van der Waals surface area contributed by atoms with Crippen LogP contribution in [-0.4, -0.2) is 187 Å². The van der Waals surface area contributed by atoms with Gasteiger partial charge in [-0.2, -0.15) is 0 Å². The molecule has 0 unspecified atom stereocenters. The quantitative estimate of drug-likeness (QED) is 0.0175. The summed E-state index contributed by atoms with van der Waals surface area (Å²) in [6.45, 7) is 4.76. The van der Waals surface area contributed by atoms with Crippen molar-refractivity contribution in [3.8, 4) is 0 Å². The monoisotopic (exact) mass is 1140 g/mol. The van der Waals surface area contributed by atoms with Gasteiger partial charge < -0.3 is 91.2 Å². The van der Waals surface area contributed by atoms with Crippen molar-refractivity contribution in [3.63, 3.8) is 0 Å². The molecule has 4 rings (SSSR count). The third-order valence-electron chi connectivity index (χ3n) is 14.4. The Bertz CT molecular complexity index is 2420. The van der Waals surface area contributed by atoms with E-state index >= 15 is 0 Å².